The molecule has 0 saturated carbocycles. The molecule has 160 valence electrons. The average Bonchev–Trinajstić information content (AvgIpc) is 3.37. The van der Waals surface area contributed by atoms with Gasteiger partial charge in [0.25, 0.3) is 5.91 Å². The number of benzene rings is 2. The Hall–Kier alpha value is -3.55. The van der Waals surface area contributed by atoms with Crippen LogP contribution in [0.15, 0.2) is 59.8 Å². The van der Waals surface area contributed by atoms with Crippen molar-refractivity contribution in [2.75, 3.05) is 6.61 Å². The minimum absolute atomic E-state index is 0.361. The number of carbonyl (C=O) groups is 1. The number of carbonyl (C=O) groups excluding carboxylic acids is 1. The van der Waals surface area contributed by atoms with E-state index in [-0.39, 0.29) is 5.91 Å². The maximum atomic E-state index is 13.6. The van der Waals surface area contributed by atoms with Crippen LogP contribution in [0.3, 0.4) is 0 Å². The summed E-state index contributed by atoms with van der Waals surface area (Å²) in [5, 5.41) is 10.5. The Labute approximate surface area is 178 Å². The number of nitrogens with zero attached hydrogens (tertiary/aromatic N) is 4. The van der Waals surface area contributed by atoms with Gasteiger partial charge in [-0.3, -0.25) is 9.48 Å². The fraction of sp³-hybridized carbons (Fsp3) is 0.261. The molecule has 1 atom stereocenters. The summed E-state index contributed by atoms with van der Waals surface area (Å²) in [6.07, 6.45) is 4.75. The van der Waals surface area contributed by atoms with E-state index in [4.69, 9.17) is 4.74 Å². The summed E-state index contributed by atoms with van der Waals surface area (Å²) in [5.74, 6) is -1.00. The highest BCUT2D eigenvalue weighted by Crippen LogP contribution is 2.31. The molecule has 0 aliphatic carbocycles. The fourth-order valence-corrected chi connectivity index (χ4v) is 3.63. The van der Waals surface area contributed by atoms with Crippen LogP contribution in [0.5, 0.6) is 5.75 Å². The zero-order valence-electron chi connectivity index (χ0n) is 17.1. The molecular formula is C23H22F2N4O2. The summed E-state index contributed by atoms with van der Waals surface area (Å²) in [4.78, 5) is 12.8. The Morgan fingerprint density at radius 3 is 2.77 bits per heavy atom. The van der Waals surface area contributed by atoms with E-state index in [1.807, 2.05) is 25.2 Å². The summed E-state index contributed by atoms with van der Waals surface area (Å²) in [5.41, 5.74) is 1.75. The minimum atomic E-state index is -0.685. The van der Waals surface area contributed by atoms with Gasteiger partial charge < -0.3 is 4.74 Å². The number of fused-ring (bicyclic) bond motifs is 1. The number of rotatable bonds is 7. The molecule has 31 heavy (non-hydrogen) atoms. The highest BCUT2D eigenvalue weighted by atomic mass is 19.1. The lowest BCUT2D eigenvalue weighted by atomic mass is 10.0. The number of aryl methyl sites for hydroxylation is 1. The van der Waals surface area contributed by atoms with E-state index in [9.17, 15) is 13.6 Å². The van der Waals surface area contributed by atoms with E-state index in [1.165, 1.54) is 17.1 Å². The first kappa shape index (κ1) is 20.7. The van der Waals surface area contributed by atoms with Gasteiger partial charge in [-0.05, 0) is 48.7 Å². The van der Waals surface area contributed by atoms with Crippen molar-refractivity contribution < 1.29 is 18.3 Å². The lowest BCUT2D eigenvalue weighted by molar-refractivity contribution is -0.129. The predicted molar refractivity (Wildman–Crippen MR) is 114 cm³/mol. The normalized spacial score (nSPS) is 15.6. The molecule has 2 aromatic carbocycles. The number of aromatic nitrogens is 2. The molecule has 0 spiro atoms. The van der Waals surface area contributed by atoms with Crippen molar-refractivity contribution >= 4 is 23.0 Å². The van der Waals surface area contributed by atoms with Crippen LogP contribution >= 0.6 is 0 Å². The Balaban J connectivity index is 1.31. The maximum Gasteiger partial charge on any atom is 0.269 e. The molecule has 1 unspecified atom stereocenters. The highest BCUT2D eigenvalue weighted by molar-refractivity contribution is 5.94. The third-order valence-corrected chi connectivity index (χ3v) is 5.22. The van der Waals surface area contributed by atoms with Crippen LogP contribution in [0.2, 0.25) is 0 Å². The monoisotopic (exact) mass is 424 g/mol. The molecule has 1 aliphatic heterocycles. The van der Waals surface area contributed by atoms with Gasteiger partial charge in [0, 0.05) is 36.7 Å². The molecule has 3 aromatic rings. The Kier molecular flexibility index (Phi) is 5.79. The van der Waals surface area contributed by atoms with Gasteiger partial charge in [0.1, 0.15) is 17.4 Å². The molecule has 4 rings (SSSR count). The van der Waals surface area contributed by atoms with Gasteiger partial charge in [-0.1, -0.05) is 6.58 Å². The summed E-state index contributed by atoms with van der Waals surface area (Å²) < 4.78 is 34.7. The van der Waals surface area contributed by atoms with Crippen LogP contribution in [-0.2, 0) is 11.8 Å². The lowest BCUT2D eigenvalue weighted by Crippen LogP contribution is -2.28. The van der Waals surface area contributed by atoms with E-state index in [2.05, 4.69) is 16.8 Å². The third-order valence-electron chi connectivity index (χ3n) is 5.22. The van der Waals surface area contributed by atoms with Gasteiger partial charge in [0.05, 0.1) is 24.4 Å². The van der Waals surface area contributed by atoms with Crippen molar-refractivity contribution in [1.29, 1.82) is 0 Å². The number of hydrazone groups is 1. The predicted octanol–water partition coefficient (Wildman–Crippen LogP) is 4.53. The zero-order valence-corrected chi connectivity index (χ0v) is 17.1. The molecule has 1 aromatic heterocycles. The molecule has 6 nitrogen and oxygen atoms in total. The van der Waals surface area contributed by atoms with Gasteiger partial charge >= 0.3 is 0 Å². The summed E-state index contributed by atoms with van der Waals surface area (Å²) in [6.45, 7) is 4.29. The Bertz CT molecular complexity index is 1150. The topological polar surface area (TPSA) is 59.7 Å². The maximum absolute atomic E-state index is 13.6. The van der Waals surface area contributed by atoms with Crippen molar-refractivity contribution in [1.82, 2.24) is 14.8 Å². The van der Waals surface area contributed by atoms with Crippen LogP contribution in [0.25, 0.3) is 10.9 Å². The second-order valence-electron chi connectivity index (χ2n) is 7.45. The van der Waals surface area contributed by atoms with Gasteiger partial charge in [0.2, 0.25) is 0 Å². The molecule has 0 fully saturated rings. The van der Waals surface area contributed by atoms with Gasteiger partial charge in [-0.25, -0.2) is 13.8 Å². The van der Waals surface area contributed by atoms with E-state index < -0.39 is 17.7 Å². The van der Waals surface area contributed by atoms with Crippen LogP contribution in [0.4, 0.5) is 8.78 Å². The second kappa shape index (κ2) is 8.67. The number of ether oxygens (including phenoxy) is 1. The van der Waals surface area contributed by atoms with Crippen molar-refractivity contribution in [3.63, 3.8) is 0 Å². The van der Waals surface area contributed by atoms with Gasteiger partial charge in [0.15, 0.2) is 0 Å². The number of amides is 1. The summed E-state index contributed by atoms with van der Waals surface area (Å²) in [6, 6.07) is 8.45. The van der Waals surface area contributed by atoms with E-state index >= 15 is 0 Å². The van der Waals surface area contributed by atoms with E-state index in [1.54, 1.807) is 17.1 Å². The smallest absolute Gasteiger partial charge is 0.269 e. The van der Waals surface area contributed by atoms with Crippen molar-refractivity contribution in [2.45, 2.75) is 25.3 Å². The summed E-state index contributed by atoms with van der Waals surface area (Å²) >= 11 is 0. The Morgan fingerprint density at radius 2 is 2.00 bits per heavy atom. The van der Waals surface area contributed by atoms with Crippen molar-refractivity contribution in [3.05, 3.63) is 71.9 Å². The van der Waals surface area contributed by atoms with E-state index in [0.717, 1.165) is 22.7 Å². The van der Waals surface area contributed by atoms with Crippen LogP contribution in [0.1, 0.15) is 30.9 Å². The minimum Gasteiger partial charge on any atom is -0.494 e. The quantitative estimate of drug-likeness (QED) is 0.414. The van der Waals surface area contributed by atoms with Crippen LogP contribution in [-0.4, -0.2) is 33.5 Å². The molecule has 0 N–H and O–H groups in total. The zero-order chi connectivity index (χ0) is 22.0. The average molecular weight is 424 g/mol. The van der Waals surface area contributed by atoms with Crippen molar-refractivity contribution in [2.24, 2.45) is 12.1 Å². The molecular weight excluding hydrogens is 402 g/mol. The molecule has 8 heteroatoms. The first-order chi connectivity index (χ1) is 14.9. The Morgan fingerprint density at radius 1 is 1.23 bits per heavy atom. The van der Waals surface area contributed by atoms with Crippen molar-refractivity contribution in [3.8, 4) is 5.75 Å². The first-order valence-corrected chi connectivity index (χ1v) is 9.96. The largest absolute Gasteiger partial charge is 0.494 e. The summed E-state index contributed by atoms with van der Waals surface area (Å²) in [7, 11) is 1.88. The number of hydrogen-bond acceptors (Lipinski definition) is 4. The van der Waals surface area contributed by atoms with Crippen LogP contribution < -0.4 is 4.74 Å². The number of halogens is 2. The van der Waals surface area contributed by atoms with E-state index in [0.29, 0.717) is 37.0 Å². The SMILES string of the molecule is C=C(CCCOc1ccc2c(cnn2C)c1)C(=O)N1N=CCC1c1cc(F)cc(F)c1. The first-order valence-electron chi connectivity index (χ1n) is 9.96. The third kappa shape index (κ3) is 4.47. The molecule has 1 amide bonds. The highest BCUT2D eigenvalue weighted by Gasteiger charge is 2.30. The second-order valence-corrected chi connectivity index (χ2v) is 7.45. The molecule has 2 heterocycles. The molecule has 0 bridgehead atoms. The fourth-order valence-electron chi connectivity index (χ4n) is 3.63. The standard InChI is InChI=1S/C23H22F2N4O2/c1-15(4-3-9-31-20-5-6-21-17(12-20)14-27-28(21)2)23(30)29-22(7-8-26-29)16-10-18(24)13-19(25)11-16/h5-6,8,10-14,22H,1,3-4,7,9H2,2H3. The van der Waals surface area contributed by atoms with Crippen LogP contribution in [0, 0.1) is 11.6 Å². The van der Waals surface area contributed by atoms with Gasteiger partial charge in [-0.15, -0.1) is 0 Å². The lowest BCUT2D eigenvalue weighted by Gasteiger charge is -2.23. The molecule has 0 radical (unpaired) electrons. The molecule has 0 saturated heterocycles. The molecule has 1 aliphatic rings. The number of hydrogen-bond donors (Lipinski definition) is 0. The van der Waals surface area contributed by atoms with Gasteiger partial charge in [-0.2, -0.15) is 10.2 Å².